The van der Waals surface area contributed by atoms with E-state index in [2.05, 4.69) is 10.0 Å². The molecule has 7 nitrogen and oxygen atoms in total. The summed E-state index contributed by atoms with van der Waals surface area (Å²) in [5.74, 6) is 0.257. The van der Waals surface area contributed by atoms with E-state index in [-0.39, 0.29) is 23.9 Å². The summed E-state index contributed by atoms with van der Waals surface area (Å²) in [4.78, 5) is 25.7. The molecule has 2 N–H and O–H groups in total. The van der Waals surface area contributed by atoms with Crippen molar-refractivity contribution < 1.29 is 18.0 Å². The fourth-order valence-electron chi connectivity index (χ4n) is 3.67. The van der Waals surface area contributed by atoms with Crippen molar-refractivity contribution in [2.24, 2.45) is 5.92 Å². The molecule has 24 heavy (non-hydrogen) atoms. The molecule has 0 aromatic heterocycles. The van der Waals surface area contributed by atoms with E-state index in [4.69, 9.17) is 0 Å². The quantitative estimate of drug-likeness (QED) is 0.802. The normalized spacial score (nSPS) is 25.8. The fraction of sp³-hybridized carbons (Fsp3) is 0.500. The van der Waals surface area contributed by atoms with Crippen LogP contribution in [0.3, 0.4) is 0 Å². The Bertz CT molecular complexity index is 777. The van der Waals surface area contributed by atoms with Crippen molar-refractivity contribution in [1.82, 2.24) is 9.62 Å². The number of anilines is 1. The van der Waals surface area contributed by atoms with E-state index in [1.165, 1.54) is 6.92 Å². The van der Waals surface area contributed by atoms with Crippen LogP contribution >= 0.6 is 0 Å². The molecule has 2 fully saturated rings. The van der Waals surface area contributed by atoms with Gasteiger partial charge in [-0.2, -0.15) is 0 Å². The number of carbonyl (C=O) groups is 2. The first kappa shape index (κ1) is 16.9. The third-order valence-corrected chi connectivity index (χ3v) is 5.36. The highest BCUT2D eigenvalue weighted by atomic mass is 32.2. The number of fused-ring (bicyclic) bond motifs is 2. The highest BCUT2D eigenvalue weighted by Crippen LogP contribution is 2.38. The lowest BCUT2D eigenvalue weighted by Gasteiger charge is -2.33. The number of amides is 2. The van der Waals surface area contributed by atoms with Crippen LogP contribution in [-0.2, 0) is 10.0 Å². The van der Waals surface area contributed by atoms with Crippen LogP contribution < -0.4 is 10.0 Å². The topological polar surface area (TPSA) is 95.6 Å². The summed E-state index contributed by atoms with van der Waals surface area (Å²) < 4.78 is 25.6. The van der Waals surface area contributed by atoms with Crippen molar-refractivity contribution >= 4 is 27.5 Å². The zero-order valence-corrected chi connectivity index (χ0v) is 14.5. The van der Waals surface area contributed by atoms with Crippen LogP contribution in [0.2, 0.25) is 0 Å². The van der Waals surface area contributed by atoms with Crippen molar-refractivity contribution in [3.63, 3.8) is 0 Å². The maximum atomic E-state index is 12.5. The summed E-state index contributed by atoms with van der Waals surface area (Å²) >= 11 is 0. The molecule has 1 heterocycles. The van der Waals surface area contributed by atoms with Gasteiger partial charge in [-0.25, -0.2) is 17.9 Å². The Morgan fingerprint density at radius 3 is 2.62 bits per heavy atom. The van der Waals surface area contributed by atoms with Crippen LogP contribution in [0.1, 0.15) is 30.1 Å². The van der Waals surface area contributed by atoms with E-state index in [0.29, 0.717) is 23.7 Å². The van der Waals surface area contributed by atoms with Crippen LogP contribution in [0.25, 0.3) is 0 Å². The SMILES string of the molecule is CC(=O)c1cccc(NC(=O)N2C[C@@H]3C[C@H](NS(C)(=O)=O)[C@H]2C3)c1. The first-order chi connectivity index (χ1) is 11.2. The lowest BCUT2D eigenvalue weighted by atomic mass is 10.1. The third kappa shape index (κ3) is 3.59. The lowest BCUT2D eigenvalue weighted by Crippen LogP contribution is -2.52. The Morgan fingerprint density at radius 2 is 2.00 bits per heavy atom. The van der Waals surface area contributed by atoms with E-state index < -0.39 is 10.0 Å². The van der Waals surface area contributed by atoms with Crippen LogP contribution in [0.4, 0.5) is 10.5 Å². The summed E-state index contributed by atoms with van der Waals surface area (Å²) in [7, 11) is -3.30. The second kappa shape index (κ2) is 6.18. The van der Waals surface area contributed by atoms with Gasteiger partial charge in [0.15, 0.2) is 5.78 Å². The molecule has 2 aliphatic rings. The number of ketones is 1. The number of nitrogens with zero attached hydrogens (tertiary/aromatic N) is 1. The average molecular weight is 351 g/mol. The van der Waals surface area contributed by atoms with Crippen LogP contribution in [-0.4, -0.2) is 50.0 Å². The highest BCUT2D eigenvalue weighted by molar-refractivity contribution is 7.88. The zero-order chi connectivity index (χ0) is 17.5. The monoisotopic (exact) mass is 351 g/mol. The van der Waals surface area contributed by atoms with Gasteiger partial charge in [0.1, 0.15) is 0 Å². The van der Waals surface area contributed by atoms with Gasteiger partial charge in [0.2, 0.25) is 10.0 Å². The minimum atomic E-state index is -3.30. The summed E-state index contributed by atoms with van der Waals surface area (Å²) in [5.41, 5.74) is 1.09. The summed E-state index contributed by atoms with van der Waals surface area (Å²) in [6.07, 6.45) is 2.71. The van der Waals surface area contributed by atoms with Crippen molar-refractivity contribution in [1.29, 1.82) is 0 Å². The third-order valence-electron chi connectivity index (χ3n) is 4.63. The molecule has 1 saturated heterocycles. The van der Waals surface area contributed by atoms with E-state index in [1.54, 1.807) is 29.2 Å². The molecule has 3 rings (SSSR count). The van der Waals surface area contributed by atoms with Crippen molar-refractivity contribution in [3.8, 4) is 0 Å². The number of likely N-dealkylation sites (tertiary alicyclic amines) is 1. The van der Waals surface area contributed by atoms with Gasteiger partial charge in [0.05, 0.1) is 12.3 Å². The molecule has 3 atom stereocenters. The number of rotatable bonds is 4. The highest BCUT2D eigenvalue weighted by Gasteiger charge is 2.47. The van der Waals surface area contributed by atoms with Gasteiger partial charge >= 0.3 is 6.03 Å². The molecular formula is C16H21N3O4S. The number of benzene rings is 1. The molecule has 1 aliphatic heterocycles. The molecule has 8 heteroatoms. The molecule has 0 radical (unpaired) electrons. The van der Waals surface area contributed by atoms with Gasteiger partial charge in [-0.1, -0.05) is 12.1 Å². The Morgan fingerprint density at radius 1 is 1.25 bits per heavy atom. The number of sulfonamides is 1. The maximum absolute atomic E-state index is 12.5. The van der Waals surface area contributed by atoms with Gasteiger partial charge in [-0.05, 0) is 37.8 Å². The summed E-state index contributed by atoms with van der Waals surface area (Å²) in [6, 6.07) is 6.17. The second-order valence-corrected chi connectivity index (χ2v) is 8.40. The molecule has 2 bridgehead atoms. The number of Topliss-reactive ketones (excluding diaryl/α,β-unsaturated/α-hetero) is 1. The molecule has 1 saturated carbocycles. The van der Waals surface area contributed by atoms with Gasteiger partial charge in [-0.3, -0.25) is 4.79 Å². The van der Waals surface area contributed by atoms with Crippen molar-refractivity contribution in [2.45, 2.75) is 31.8 Å². The zero-order valence-electron chi connectivity index (χ0n) is 13.7. The number of hydrogen-bond donors (Lipinski definition) is 2. The minimum Gasteiger partial charge on any atom is -0.320 e. The lowest BCUT2D eigenvalue weighted by molar-refractivity contribution is 0.101. The van der Waals surface area contributed by atoms with E-state index in [1.807, 2.05) is 0 Å². The molecular weight excluding hydrogens is 330 g/mol. The van der Waals surface area contributed by atoms with E-state index >= 15 is 0 Å². The number of piperidine rings is 1. The Balaban J connectivity index is 1.70. The second-order valence-electron chi connectivity index (χ2n) is 6.62. The molecule has 1 aromatic rings. The molecule has 130 valence electrons. The molecule has 1 aliphatic carbocycles. The number of nitrogens with one attached hydrogen (secondary N) is 2. The number of urea groups is 1. The standard InChI is InChI=1S/C16H21N3O4S/c1-10(20)12-4-3-5-13(8-12)17-16(21)19-9-11-6-14(15(19)7-11)18-24(2,22)23/h3-5,8,11,14-15,18H,6-7,9H2,1-2H3,(H,17,21)/t11-,14+,15-/m1/s1. The minimum absolute atomic E-state index is 0.0660. The van der Waals surface area contributed by atoms with E-state index in [9.17, 15) is 18.0 Å². The Hall–Kier alpha value is -1.93. The summed E-state index contributed by atoms with van der Waals surface area (Å²) in [6.45, 7) is 2.10. The van der Waals surface area contributed by atoms with Crippen LogP contribution in [0.5, 0.6) is 0 Å². The number of hydrogen-bond acceptors (Lipinski definition) is 4. The van der Waals surface area contributed by atoms with Gasteiger partial charge in [-0.15, -0.1) is 0 Å². The van der Waals surface area contributed by atoms with Gasteiger partial charge in [0, 0.05) is 23.8 Å². The van der Waals surface area contributed by atoms with Crippen LogP contribution in [0.15, 0.2) is 24.3 Å². The summed E-state index contributed by atoms with van der Waals surface area (Å²) in [5, 5.41) is 2.80. The first-order valence-corrected chi connectivity index (χ1v) is 9.78. The molecule has 0 unspecified atom stereocenters. The van der Waals surface area contributed by atoms with Crippen LogP contribution in [0, 0.1) is 5.92 Å². The fourth-order valence-corrected chi connectivity index (χ4v) is 4.47. The average Bonchev–Trinajstić information content (AvgIpc) is 3.05. The predicted octanol–water partition coefficient (Wildman–Crippen LogP) is 1.43. The van der Waals surface area contributed by atoms with Crippen molar-refractivity contribution in [2.75, 3.05) is 18.1 Å². The predicted molar refractivity (Wildman–Crippen MR) is 90.5 cm³/mol. The Kier molecular flexibility index (Phi) is 4.35. The Labute approximate surface area is 141 Å². The largest absolute Gasteiger partial charge is 0.322 e. The maximum Gasteiger partial charge on any atom is 0.322 e. The number of carbonyl (C=O) groups excluding carboxylic acids is 2. The van der Waals surface area contributed by atoms with Crippen molar-refractivity contribution in [3.05, 3.63) is 29.8 Å². The first-order valence-electron chi connectivity index (χ1n) is 7.89. The molecule has 0 spiro atoms. The molecule has 1 aromatic carbocycles. The van der Waals surface area contributed by atoms with Gasteiger partial charge in [0.25, 0.3) is 0 Å². The van der Waals surface area contributed by atoms with E-state index in [0.717, 1.165) is 19.1 Å². The smallest absolute Gasteiger partial charge is 0.320 e. The molecule has 2 amide bonds. The van der Waals surface area contributed by atoms with Gasteiger partial charge < -0.3 is 10.2 Å².